The molecule has 0 heterocycles. The van der Waals surface area contributed by atoms with E-state index in [-0.39, 0.29) is 11.6 Å². The van der Waals surface area contributed by atoms with Gasteiger partial charge >= 0.3 is 0 Å². The predicted molar refractivity (Wildman–Crippen MR) is 79.4 cm³/mol. The van der Waals surface area contributed by atoms with E-state index in [1.807, 2.05) is 19.1 Å². The zero-order chi connectivity index (χ0) is 14.5. The van der Waals surface area contributed by atoms with Crippen LogP contribution in [0.15, 0.2) is 54.7 Å². The van der Waals surface area contributed by atoms with Gasteiger partial charge in [0, 0.05) is 23.5 Å². The third kappa shape index (κ3) is 3.54. The van der Waals surface area contributed by atoms with E-state index in [4.69, 9.17) is 0 Å². The number of halogens is 1. The highest BCUT2D eigenvalue weighted by molar-refractivity contribution is 6.04. The van der Waals surface area contributed by atoms with Crippen LogP contribution in [0.5, 0.6) is 0 Å². The maximum absolute atomic E-state index is 13.1. The van der Waals surface area contributed by atoms with Crippen molar-refractivity contribution in [1.29, 1.82) is 0 Å². The molecule has 0 saturated carbocycles. The predicted octanol–water partition coefficient (Wildman–Crippen LogP) is 4.25. The maximum Gasteiger partial charge on any atom is 0.187 e. The number of carbonyl (C=O) groups is 1. The normalized spacial score (nSPS) is 10.8. The second kappa shape index (κ2) is 6.15. The minimum absolute atomic E-state index is 0.0728. The van der Waals surface area contributed by atoms with Gasteiger partial charge in [0.15, 0.2) is 5.78 Å². The van der Waals surface area contributed by atoms with E-state index in [0.717, 1.165) is 11.3 Å². The number of allylic oxidation sites excluding steroid dienone is 1. The largest absolute Gasteiger partial charge is 0.362 e. The minimum Gasteiger partial charge on any atom is -0.362 e. The first-order chi connectivity index (χ1) is 9.56. The van der Waals surface area contributed by atoms with E-state index in [2.05, 4.69) is 5.32 Å². The molecular formula is C17H16FNO. The fourth-order valence-corrected chi connectivity index (χ4v) is 1.76. The molecule has 0 aliphatic heterocycles. The van der Waals surface area contributed by atoms with Gasteiger partial charge in [-0.3, -0.25) is 4.79 Å². The van der Waals surface area contributed by atoms with Crippen molar-refractivity contribution in [2.75, 3.05) is 5.32 Å². The summed E-state index contributed by atoms with van der Waals surface area (Å²) in [6.45, 7) is 3.67. The number of hydrogen-bond donors (Lipinski definition) is 1. The van der Waals surface area contributed by atoms with Gasteiger partial charge in [0.1, 0.15) is 5.82 Å². The van der Waals surface area contributed by atoms with Crippen molar-refractivity contribution in [2.24, 2.45) is 0 Å². The van der Waals surface area contributed by atoms with Crippen molar-refractivity contribution in [3.05, 3.63) is 77.2 Å². The molecule has 0 amide bonds. The number of anilines is 1. The van der Waals surface area contributed by atoms with Crippen LogP contribution >= 0.6 is 0 Å². The first kappa shape index (κ1) is 14.0. The second-order valence-electron chi connectivity index (χ2n) is 4.67. The van der Waals surface area contributed by atoms with Crippen molar-refractivity contribution >= 4 is 11.5 Å². The molecule has 0 radical (unpaired) electrons. The highest BCUT2D eigenvalue weighted by atomic mass is 19.1. The molecule has 2 aromatic carbocycles. The van der Waals surface area contributed by atoms with Crippen molar-refractivity contribution in [3.8, 4) is 0 Å². The Balaban J connectivity index is 2.00. The van der Waals surface area contributed by atoms with Gasteiger partial charge in [-0.2, -0.15) is 0 Å². The van der Waals surface area contributed by atoms with Gasteiger partial charge in [-0.15, -0.1) is 0 Å². The molecule has 0 atom stereocenters. The van der Waals surface area contributed by atoms with E-state index in [1.165, 1.54) is 12.1 Å². The SMILES string of the molecule is Cc1ccc(C(=O)/C=C/Nc2ccc(F)c(C)c2)cc1. The summed E-state index contributed by atoms with van der Waals surface area (Å²) in [6.07, 6.45) is 3.03. The van der Waals surface area contributed by atoms with Crippen molar-refractivity contribution < 1.29 is 9.18 Å². The number of nitrogens with one attached hydrogen (secondary N) is 1. The number of rotatable bonds is 4. The second-order valence-corrected chi connectivity index (χ2v) is 4.67. The zero-order valence-corrected chi connectivity index (χ0v) is 11.5. The molecule has 0 saturated heterocycles. The van der Waals surface area contributed by atoms with E-state index >= 15 is 0 Å². The van der Waals surface area contributed by atoms with Gasteiger partial charge in [0.25, 0.3) is 0 Å². The molecule has 2 aromatic rings. The number of aryl methyl sites for hydroxylation is 2. The van der Waals surface area contributed by atoms with Crippen LogP contribution in [0.2, 0.25) is 0 Å². The Hall–Kier alpha value is -2.42. The summed E-state index contributed by atoms with van der Waals surface area (Å²) in [5.41, 5.74) is 3.07. The number of carbonyl (C=O) groups excluding carboxylic acids is 1. The monoisotopic (exact) mass is 269 g/mol. The topological polar surface area (TPSA) is 29.1 Å². The van der Waals surface area contributed by atoms with Gasteiger partial charge in [-0.05, 0) is 37.6 Å². The Bertz CT molecular complexity index is 645. The van der Waals surface area contributed by atoms with Gasteiger partial charge in [0.05, 0.1) is 0 Å². The van der Waals surface area contributed by atoms with Crippen LogP contribution in [0.4, 0.5) is 10.1 Å². The lowest BCUT2D eigenvalue weighted by Crippen LogP contribution is -1.96. The molecule has 0 aromatic heterocycles. The van der Waals surface area contributed by atoms with Crippen LogP contribution in [0, 0.1) is 19.7 Å². The minimum atomic E-state index is -0.240. The Kier molecular flexibility index (Phi) is 4.31. The molecule has 2 nitrogen and oxygen atoms in total. The third-order valence-electron chi connectivity index (χ3n) is 2.98. The van der Waals surface area contributed by atoms with Crippen LogP contribution in [0.1, 0.15) is 21.5 Å². The van der Waals surface area contributed by atoms with Crippen molar-refractivity contribution in [1.82, 2.24) is 0 Å². The summed E-state index contributed by atoms with van der Waals surface area (Å²) >= 11 is 0. The first-order valence-corrected chi connectivity index (χ1v) is 6.36. The quantitative estimate of drug-likeness (QED) is 0.664. The number of benzene rings is 2. The van der Waals surface area contributed by atoms with Gasteiger partial charge in [0.2, 0.25) is 0 Å². The van der Waals surface area contributed by atoms with E-state index < -0.39 is 0 Å². The zero-order valence-electron chi connectivity index (χ0n) is 11.5. The highest BCUT2D eigenvalue weighted by Gasteiger charge is 2.01. The summed E-state index contributed by atoms with van der Waals surface area (Å²) in [4.78, 5) is 11.9. The van der Waals surface area contributed by atoms with Crippen LogP contribution < -0.4 is 5.32 Å². The van der Waals surface area contributed by atoms with Gasteiger partial charge < -0.3 is 5.32 Å². The summed E-state index contributed by atoms with van der Waals surface area (Å²) in [7, 11) is 0. The van der Waals surface area contributed by atoms with Crippen molar-refractivity contribution in [3.63, 3.8) is 0 Å². The lowest BCUT2D eigenvalue weighted by atomic mass is 10.1. The highest BCUT2D eigenvalue weighted by Crippen LogP contribution is 2.13. The van der Waals surface area contributed by atoms with Crippen LogP contribution in [0.3, 0.4) is 0 Å². The van der Waals surface area contributed by atoms with E-state index in [0.29, 0.717) is 11.1 Å². The van der Waals surface area contributed by atoms with Crippen LogP contribution in [-0.4, -0.2) is 5.78 Å². The lowest BCUT2D eigenvalue weighted by Gasteiger charge is -2.03. The molecule has 0 aliphatic rings. The molecule has 20 heavy (non-hydrogen) atoms. The average molecular weight is 269 g/mol. The Morgan fingerprint density at radius 2 is 1.80 bits per heavy atom. The summed E-state index contributed by atoms with van der Waals surface area (Å²) < 4.78 is 13.1. The Morgan fingerprint density at radius 1 is 1.10 bits per heavy atom. The van der Waals surface area contributed by atoms with Crippen LogP contribution in [-0.2, 0) is 0 Å². The molecular weight excluding hydrogens is 253 g/mol. The Labute approximate surface area is 118 Å². The molecule has 0 fully saturated rings. The molecule has 3 heteroatoms. The van der Waals surface area contributed by atoms with E-state index in [9.17, 15) is 9.18 Å². The van der Waals surface area contributed by atoms with Gasteiger partial charge in [-0.1, -0.05) is 29.8 Å². The summed E-state index contributed by atoms with van der Waals surface area (Å²) in [6, 6.07) is 12.1. The molecule has 102 valence electrons. The Morgan fingerprint density at radius 3 is 2.45 bits per heavy atom. The smallest absolute Gasteiger partial charge is 0.187 e. The van der Waals surface area contributed by atoms with Gasteiger partial charge in [-0.25, -0.2) is 4.39 Å². The standard InChI is InChI=1S/C17H16FNO/c1-12-3-5-14(6-4-12)17(20)9-10-19-15-7-8-16(18)13(2)11-15/h3-11,19H,1-2H3/b10-9+. The van der Waals surface area contributed by atoms with Crippen LogP contribution in [0.25, 0.3) is 0 Å². The molecule has 0 spiro atoms. The average Bonchev–Trinajstić information content (AvgIpc) is 2.43. The first-order valence-electron chi connectivity index (χ1n) is 6.36. The van der Waals surface area contributed by atoms with Crippen molar-refractivity contribution in [2.45, 2.75) is 13.8 Å². The molecule has 1 N–H and O–H groups in total. The molecule has 2 rings (SSSR count). The fraction of sp³-hybridized carbons (Fsp3) is 0.118. The number of hydrogen-bond acceptors (Lipinski definition) is 2. The molecule has 0 bridgehead atoms. The summed E-state index contributed by atoms with van der Waals surface area (Å²) in [5, 5.41) is 2.96. The maximum atomic E-state index is 13.1. The lowest BCUT2D eigenvalue weighted by molar-refractivity contribution is 0.104. The third-order valence-corrected chi connectivity index (χ3v) is 2.98. The molecule has 0 aliphatic carbocycles. The molecule has 0 unspecified atom stereocenters. The number of ketones is 1. The summed E-state index contributed by atoms with van der Waals surface area (Å²) in [5.74, 6) is -0.313. The fourth-order valence-electron chi connectivity index (χ4n) is 1.76. The van der Waals surface area contributed by atoms with E-state index in [1.54, 1.807) is 37.4 Å².